The van der Waals surface area contributed by atoms with Crippen LogP contribution in [0.25, 0.3) is 0 Å². The van der Waals surface area contributed by atoms with Crippen LogP contribution in [0.5, 0.6) is 0 Å². The van der Waals surface area contributed by atoms with Crippen molar-refractivity contribution in [3.8, 4) is 0 Å². The van der Waals surface area contributed by atoms with Crippen molar-refractivity contribution < 1.29 is 49.4 Å². The number of nitrogens with one attached hydrogen (secondary N) is 1. The van der Waals surface area contributed by atoms with Gasteiger partial charge in [-0.15, -0.1) is 11.8 Å². The van der Waals surface area contributed by atoms with Gasteiger partial charge in [0.25, 0.3) is 0 Å². The molecule has 24 heavy (non-hydrogen) atoms. The molecule has 2 aliphatic rings. The predicted octanol–water partition coefficient (Wildman–Crippen LogP) is -4.10. The van der Waals surface area contributed by atoms with Gasteiger partial charge in [-0.05, 0) is 6.92 Å². The molecule has 8 nitrogen and oxygen atoms in total. The number of hydrogen-bond acceptors (Lipinski definition) is 7. The number of hydrogen-bond donors (Lipinski definition) is 2. The summed E-state index contributed by atoms with van der Waals surface area (Å²) in [7, 11) is 0. The summed E-state index contributed by atoms with van der Waals surface area (Å²) in [6.07, 6.45) is 1.23. The molecule has 1 fully saturated rings. The Morgan fingerprint density at radius 1 is 1.58 bits per heavy atom. The van der Waals surface area contributed by atoms with Gasteiger partial charge in [-0.3, -0.25) is 9.89 Å². The van der Waals surface area contributed by atoms with Crippen LogP contribution in [0.3, 0.4) is 0 Å². The number of amides is 1. The molecule has 0 aliphatic carbocycles. The van der Waals surface area contributed by atoms with Crippen molar-refractivity contribution in [2.45, 2.75) is 32.4 Å². The van der Waals surface area contributed by atoms with E-state index in [2.05, 4.69) is 15.2 Å². The zero-order valence-electron chi connectivity index (χ0n) is 13.7. The number of carboxylic acid groups (broad SMARTS) is 1. The summed E-state index contributed by atoms with van der Waals surface area (Å²) < 4.78 is 0. The Morgan fingerprint density at radius 3 is 2.83 bits per heavy atom. The summed E-state index contributed by atoms with van der Waals surface area (Å²) in [6, 6.07) is -0.303. The molecule has 1 aromatic rings. The first-order chi connectivity index (χ1) is 10.9. The number of nitrogens with zero attached hydrogens (tertiary/aromatic N) is 3. The van der Waals surface area contributed by atoms with Gasteiger partial charge in [0.1, 0.15) is 12.2 Å². The number of β-lactam (4-membered cyclic amide) rings is 1. The largest absolute Gasteiger partial charge is 1.00 e. The molecule has 10 heteroatoms. The zero-order chi connectivity index (χ0) is 16.7. The number of aliphatic hydroxyl groups is 1. The number of aromatic amines is 1. The Morgan fingerprint density at radius 2 is 2.29 bits per heavy atom. The van der Waals surface area contributed by atoms with E-state index in [-0.39, 0.29) is 53.1 Å². The maximum atomic E-state index is 12.2. The van der Waals surface area contributed by atoms with Gasteiger partial charge in [0.15, 0.2) is 0 Å². The van der Waals surface area contributed by atoms with Gasteiger partial charge < -0.3 is 19.9 Å². The molecule has 3 rings (SSSR count). The average molecular weight is 360 g/mol. The van der Waals surface area contributed by atoms with E-state index in [0.29, 0.717) is 17.1 Å². The van der Waals surface area contributed by atoms with Crippen LogP contribution in [0, 0.1) is 11.8 Å². The van der Waals surface area contributed by atoms with Crippen LogP contribution in [0.4, 0.5) is 0 Å². The number of aryl methyl sites for hydroxylation is 1. The minimum atomic E-state index is -1.35. The Bertz CT molecular complexity index is 664. The third-order valence-corrected chi connectivity index (χ3v) is 5.65. The molecule has 0 spiro atoms. The molecule has 0 bridgehead atoms. The van der Waals surface area contributed by atoms with Crippen LogP contribution < -0.4 is 34.7 Å². The monoisotopic (exact) mass is 360 g/mol. The van der Waals surface area contributed by atoms with Gasteiger partial charge in [0.05, 0.1) is 29.7 Å². The third kappa shape index (κ3) is 3.15. The second kappa shape index (κ2) is 7.57. The van der Waals surface area contributed by atoms with E-state index in [9.17, 15) is 19.8 Å². The molecule has 1 saturated heterocycles. The molecule has 2 aliphatic heterocycles. The van der Waals surface area contributed by atoms with E-state index >= 15 is 0 Å². The molecular formula is C14H17N4NaO4S. The normalized spacial score (nSPS) is 26.7. The Kier molecular flexibility index (Phi) is 6.14. The molecule has 2 N–H and O–H groups in total. The number of aliphatic hydroxyl groups excluding tert-OH is 1. The molecule has 124 valence electrons. The van der Waals surface area contributed by atoms with Crippen molar-refractivity contribution in [3.63, 3.8) is 0 Å². The predicted molar refractivity (Wildman–Crippen MR) is 79.5 cm³/mol. The number of fused-ring (bicyclic) bond motifs is 1. The van der Waals surface area contributed by atoms with Crippen LogP contribution in [0.1, 0.15) is 19.7 Å². The second-order valence-electron chi connectivity index (χ2n) is 5.78. The molecule has 3 heterocycles. The van der Waals surface area contributed by atoms with Crippen molar-refractivity contribution >= 4 is 23.6 Å². The first-order valence-corrected chi connectivity index (χ1v) is 8.35. The Hall–Kier alpha value is -0.870. The van der Waals surface area contributed by atoms with Crippen molar-refractivity contribution in [3.05, 3.63) is 22.8 Å². The average Bonchev–Trinajstić information content (AvgIpc) is 3.05. The first-order valence-electron chi connectivity index (χ1n) is 7.37. The molecule has 0 saturated carbocycles. The van der Waals surface area contributed by atoms with Gasteiger partial charge >= 0.3 is 29.6 Å². The van der Waals surface area contributed by atoms with Gasteiger partial charge in [0, 0.05) is 23.0 Å². The van der Waals surface area contributed by atoms with Gasteiger partial charge in [-0.2, -0.15) is 5.10 Å². The number of aromatic nitrogens is 3. The summed E-state index contributed by atoms with van der Waals surface area (Å²) in [5.74, 6) is -1.05. The van der Waals surface area contributed by atoms with Crippen LogP contribution in [0.15, 0.2) is 16.9 Å². The molecule has 0 radical (unpaired) electrons. The zero-order valence-corrected chi connectivity index (χ0v) is 16.5. The summed E-state index contributed by atoms with van der Waals surface area (Å²) in [4.78, 5) is 29.6. The standard InChI is InChI=1S/C14H18N4O4S.Na/c1-6-10-9(7(2)19)13(20)18(10)11(14(21)22)12(6)23-4-3-8-15-5-16-17-8;/h5-7,9-10,19H,3-4H2,1-2H3,(H,21,22)(H,15,16,17);/q;+1/p-1/t6-,7-,9-,10-;/m1./s1. The van der Waals surface area contributed by atoms with E-state index in [4.69, 9.17) is 0 Å². The smallest absolute Gasteiger partial charge is 0.543 e. The fourth-order valence-corrected chi connectivity index (χ4v) is 4.55. The van der Waals surface area contributed by atoms with Crippen LogP contribution in [0.2, 0.25) is 0 Å². The minimum absolute atomic E-state index is 0. The van der Waals surface area contributed by atoms with Crippen molar-refractivity contribution in [2.24, 2.45) is 11.8 Å². The second-order valence-corrected chi connectivity index (χ2v) is 6.92. The number of aliphatic carboxylic acids is 1. The van der Waals surface area contributed by atoms with Crippen molar-refractivity contribution in [1.29, 1.82) is 0 Å². The topological polar surface area (TPSA) is 122 Å². The van der Waals surface area contributed by atoms with E-state index in [1.54, 1.807) is 6.92 Å². The summed E-state index contributed by atoms with van der Waals surface area (Å²) >= 11 is 1.39. The van der Waals surface area contributed by atoms with Crippen molar-refractivity contribution in [2.75, 3.05) is 5.75 Å². The number of H-pyrrole nitrogens is 1. The van der Waals surface area contributed by atoms with Gasteiger partial charge in [-0.1, -0.05) is 6.92 Å². The van der Waals surface area contributed by atoms with Gasteiger partial charge in [-0.25, -0.2) is 4.98 Å². The maximum absolute atomic E-state index is 12.2. The number of rotatable bonds is 6. The van der Waals surface area contributed by atoms with E-state index < -0.39 is 18.0 Å². The van der Waals surface area contributed by atoms with Crippen LogP contribution in [-0.4, -0.2) is 55.0 Å². The number of carboxylic acids is 1. The molecule has 0 unspecified atom stereocenters. The van der Waals surface area contributed by atoms with E-state index in [0.717, 1.165) is 5.82 Å². The SMILES string of the molecule is C[C@@H](O)[C@H]1C(=O)N2C(C(=O)[O-])=C(SCCc3ncn[nH]3)[C@H](C)[C@H]12.[Na+]. The van der Waals surface area contributed by atoms with E-state index in [1.807, 2.05) is 6.92 Å². The summed E-state index contributed by atoms with van der Waals surface area (Å²) in [6.45, 7) is 3.44. The fourth-order valence-electron chi connectivity index (χ4n) is 3.31. The molecule has 1 aromatic heterocycles. The number of carbonyl (C=O) groups is 2. The van der Waals surface area contributed by atoms with Crippen molar-refractivity contribution in [1.82, 2.24) is 20.1 Å². The maximum Gasteiger partial charge on any atom is 1.00 e. The molecule has 4 atom stereocenters. The quantitative estimate of drug-likeness (QED) is 0.391. The fraction of sp³-hybridized carbons (Fsp3) is 0.571. The minimum Gasteiger partial charge on any atom is -0.543 e. The number of thioether (sulfide) groups is 1. The third-order valence-electron chi connectivity index (χ3n) is 4.36. The Labute approximate surface area is 165 Å². The molecular weight excluding hydrogens is 343 g/mol. The van der Waals surface area contributed by atoms with Gasteiger partial charge in [0.2, 0.25) is 5.91 Å². The van der Waals surface area contributed by atoms with E-state index in [1.165, 1.54) is 23.0 Å². The Balaban J connectivity index is 0.00000208. The molecule has 0 aromatic carbocycles. The molecule has 1 amide bonds. The van der Waals surface area contributed by atoms with Crippen LogP contribution in [-0.2, 0) is 16.0 Å². The first kappa shape index (κ1) is 19.5. The van der Waals surface area contributed by atoms with Crippen LogP contribution >= 0.6 is 11.8 Å². The summed E-state index contributed by atoms with van der Waals surface area (Å²) in [5, 5.41) is 27.8. The summed E-state index contributed by atoms with van der Waals surface area (Å²) in [5.41, 5.74) is -0.0491. The number of carbonyl (C=O) groups excluding carboxylic acids is 2.